The molecule has 1 aliphatic carbocycles. The van der Waals surface area contributed by atoms with E-state index < -0.39 is 0 Å². The SMILES string of the molecule is CCNCC(c1ccc2c(c1)OCCO2)C1CCCC1. The molecule has 3 nitrogen and oxygen atoms in total. The molecule has 0 amide bonds. The third-order valence-corrected chi connectivity index (χ3v) is 4.58. The van der Waals surface area contributed by atoms with Crippen LogP contribution in [-0.4, -0.2) is 26.3 Å². The summed E-state index contributed by atoms with van der Waals surface area (Å²) in [5.74, 6) is 3.24. The van der Waals surface area contributed by atoms with E-state index in [0.29, 0.717) is 19.1 Å². The van der Waals surface area contributed by atoms with Crippen molar-refractivity contribution in [1.29, 1.82) is 0 Å². The molecule has 1 heterocycles. The Morgan fingerprint density at radius 1 is 1.15 bits per heavy atom. The van der Waals surface area contributed by atoms with Crippen molar-refractivity contribution >= 4 is 0 Å². The van der Waals surface area contributed by atoms with Gasteiger partial charge in [-0.3, -0.25) is 0 Å². The number of hydrogen-bond acceptors (Lipinski definition) is 3. The average Bonchev–Trinajstić information content (AvgIpc) is 3.02. The molecule has 0 aromatic heterocycles. The summed E-state index contributed by atoms with van der Waals surface area (Å²) in [6.45, 7) is 5.61. The molecular weight excluding hydrogens is 250 g/mol. The first-order valence-corrected chi connectivity index (χ1v) is 7.98. The Morgan fingerprint density at radius 2 is 1.90 bits per heavy atom. The van der Waals surface area contributed by atoms with Gasteiger partial charge in [-0.05, 0) is 48.9 Å². The van der Waals surface area contributed by atoms with Crippen LogP contribution < -0.4 is 14.8 Å². The van der Waals surface area contributed by atoms with E-state index in [4.69, 9.17) is 9.47 Å². The van der Waals surface area contributed by atoms with Gasteiger partial charge in [-0.1, -0.05) is 25.8 Å². The Labute approximate surface area is 121 Å². The quantitative estimate of drug-likeness (QED) is 0.894. The predicted octanol–water partition coefficient (Wildman–Crippen LogP) is 3.34. The molecule has 1 fully saturated rings. The van der Waals surface area contributed by atoms with Gasteiger partial charge < -0.3 is 14.8 Å². The molecule has 1 N–H and O–H groups in total. The van der Waals surface area contributed by atoms with Gasteiger partial charge in [-0.15, -0.1) is 0 Å². The fourth-order valence-electron chi connectivity index (χ4n) is 3.51. The van der Waals surface area contributed by atoms with Gasteiger partial charge >= 0.3 is 0 Å². The fraction of sp³-hybridized carbons (Fsp3) is 0.647. The molecule has 3 rings (SSSR count). The summed E-state index contributed by atoms with van der Waals surface area (Å²) in [4.78, 5) is 0. The van der Waals surface area contributed by atoms with Gasteiger partial charge in [0.1, 0.15) is 13.2 Å². The number of rotatable bonds is 5. The Kier molecular flexibility index (Phi) is 4.46. The minimum Gasteiger partial charge on any atom is -0.486 e. The summed E-state index contributed by atoms with van der Waals surface area (Å²) in [7, 11) is 0. The monoisotopic (exact) mass is 275 g/mol. The van der Waals surface area contributed by atoms with Gasteiger partial charge in [0.05, 0.1) is 0 Å². The fourth-order valence-corrected chi connectivity index (χ4v) is 3.51. The highest BCUT2D eigenvalue weighted by molar-refractivity contribution is 5.45. The van der Waals surface area contributed by atoms with E-state index >= 15 is 0 Å². The lowest BCUT2D eigenvalue weighted by Crippen LogP contribution is -2.26. The van der Waals surface area contributed by atoms with Crippen LogP contribution in [0.2, 0.25) is 0 Å². The van der Waals surface area contributed by atoms with Gasteiger partial charge in [-0.2, -0.15) is 0 Å². The molecule has 20 heavy (non-hydrogen) atoms. The molecule has 1 aliphatic heterocycles. The number of fused-ring (bicyclic) bond motifs is 1. The number of ether oxygens (including phenoxy) is 2. The standard InChI is InChI=1S/C17H25NO2/c1-2-18-12-15(13-5-3-4-6-13)14-7-8-16-17(11-14)20-10-9-19-16/h7-8,11,13,15,18H,2-6,9-10,12H2,1H3. The summed E-state index contributed by atoms with van der Waals surface area (Å²) in [5, 5.41) is 3.53. The molecule has 1 saturated carbocycles. The molecule has 0 spiro atoms. The first-order chi connectivity index (χ1) is 9.88. The highest BCUT2D eigenvalue weighted by Gasteiger charge is 2.27. The molecule has 1 unspecified atom stereocenters. The smallest absolute Gasteiger partial charge is 0.161 e. The van der Waals surface area contributed by atoms with E-state index in [1.54, 1.807) is 0 Å². The van der Waals surface area contributed by atoms with Crippen LogP contribution in [0.5, 0.6) is 11.5 Å². The van der Waals surface area contributed by atoms with Crippen molar-refractivity contribution in [3.8, 4) is 11.5 Å². The maximum absolute atomic E-state index is 5.74. The van der Waals surface area contributed by atoms with Crippen molar-refractivity contribution in [2.45, 2.75) is 38.5 Å². The zero-order valence-electron chi connectivity index (χ0n) is 12.4. The van der Waals surface area contributed by atoms with Gasteiger partial charge in [0, 0.05) is 6.54 Å². The Morgan fingerprint density at radius 3 is 2.65 bits per heavy atom. The third-order valence-electron chi connectivity index (χ3n) is 4.58. The molecule has 1 aromatic rings. The van der Waals surface area contributed by atoms with Crippen LogP contribution in [0, 0.1) is 5.92 Å². The minimum atomic E-state index is 0.605. The van der Waals surface area contributed by atoms with Gasteiger partial charge in [-0.25, -0.2) is 0 Å². The summed E-state index contributed by atoms with van der Waals surface area (Å²) >= 11 is 0. The lowest BCUT2D eigenvalue weighted by atomic mass is 9.84. The topological polar surface area (TPSA) is 30.5 Å². The van der Waals surface area contributed by atoms with Crippen molar-refractivity contribution in [3.63, 3.8) is 0 Å². The van der Waals surface area contributed by atoms with Gasteiger partial charge in [0.25, 0.3) is 0 Å². The van der Waals surface area contributed by atoms with Crippen LogP contribution in [0.15, 0.2) is 18.2 Å². The lowest BCUT2D eigenvalue weighted by Gasteiger charge is -2.26. The molecule has 1 atom stereocenters. The maximum Gasteiger partial charge on any atom is 0.161 e. The second-order valence-corrected chi connectivity index (χ2v) is 5.86. The summed E-state index contributed by atoms with van der Waals surface area (Å²) in [6, 6.07) is 6.51. The molecule has 0 saturated heterocycles. The minimum absolute atomic E-state index is 0.605. The highest BCUT2D eigenvalue weighted by atomic mass is 16.6. The molecule has 1 aromatic carbocycles. The molecular formula is C17H25NO2. The number of nitrogens with one attached hydrogen (secondary N) is 1. The Hall–Kier alpha value is -1.22. The zero-order valence-corrected chi connectivity index (χ0v) is 12.4. The number of benzene rings is 1. The first kappa shape index (κ1) is 13.7. The Balaban J connectivity index is 1.81. The highest BCUT2D eigenvalue weighted by Crippen LogP contribution is 2.40. The summed E-state index contributed by atoms with van der Waals surface area (Å²) in [5.41, 5.74) is 1.40. The van der Waals surface area contributed by atoms with Gasteiger partial charge in [0.15, 0.2) is 11.5 Å². The molecule has 0 radical (unpaired) electrons. The van der Waals surface area contributed by atoms with E-state index in [2.05, 4.69) is 30.4 Å². The zero-order chi connectivity index (χ0) is 13.8. The van der Waals surface area contributed by atoms with Crippen molar-refractivity contribution in [3.05, 3.63) is 23.8 Å². The predicted molar refractivity (Wildman–Crippen MR) is 80.7 cm³/mol. The first-order valence-electron chi connectivity index (χ1n) is 7.98. The number of hydrogen-bond donors (Lipinski definition) is 1. The Bertz CT molecular complexity index is 441. The second kappa shape index (κ2) is 6.49. The molecule has 0 bridgehead atoms. The van der Waals surface area contributed by atoms with E-state index in [-0.39, 0.29) is 0 Å². The average molecular weight is 275 g/mol. The van der Waals surface area contributed by atoms with Crippen LogP contribution >= 0.6 is 0 Å². The van der Waals surface area contributed by atoms with Gasteiger partial charge in [0.2, 0.25) is 0 Å². The van der Waals surface area contributed by atoms with Crippen LogP contribution in [0.25, 0.3) is 0 Å². The van der Waals surface area contributed by atoms with Crippen molar-refractivity contribution in [2.75, 3.05) is 26.3 Å². The van der Waals surface area contributed by atoms with E-state index in [0.717, 1.165) is 30.5 Å². The van der Waals surface area contributed by atoms with Crippen LogP contribution in [0.4, 0.5) is 0 Å². The summed E-state index contributed by atoms with van der Waals surface area (Å²) in [6.07, 6.45) is 5.50. The van der Waals surface area contributed by atoms with Crippen LogP contribution in [-0.2, 0) is 0 Å². The maximum atomic E-state index is 5.74. The third kappa shape index (κ3) is 2.93. The largest absolute Gasteiger partial charge is 0.486 e. The molecule has 2 aliphatic rings. The molecule has 3 heteroatoms. The van der Waals surface area contributed by atoms with Crippen molar-refractivity contribution in [2.24, 2.45) is 5.92 Å². The van der Waals surface area contributed by atoms with E-state index in [1.165, 1.54) is 31.2 Å². The van der Waals surface area contributed by atoms with Crippen LogP contribution in [0.3, 0.4) is 0 Å². The van der Waals surface area contributed by atoms with Crippen molar-refractivity contribution < 1.29 is 9.47 Å². The summed E-state index contributed by atoms with van der Waals surface area (Å²) < 4.78 is 11.4. The van der Waals surface area contributed by atoms with Crippen LogP contribution in [0.1, 0.15) is 44.1 Å². The van der Waals surface area contributed by atoms with Crippen molar-refractivity contribution in [1.82, 2.24) is 5.32 Å². The second-order valence-electron chi connectivity index (χ2n) is 5.86. The number of likely N-dealkylation sites (N-methyl/N-ethyl adjacent to an activating group) is 1. The normalized spacial score (nSPS) is 20.1. The van der Waals surface area contributed by atoms with E-state index in [9.17, 15) is 0 Å². The van der Waals surface area contributed by atoms with E-state index in [1.807, 2.05) is 0 Å². The molecule has 110 valence electrons. The lowest BCUT2D eigenvalue weighted by molar-refractivity contribution is 0.171.